The van der Waals surface area contributed by atoms with E-state index in [9.17, 15) is 9.59 Å². The summed E-state index contributed by atoms with van der Waals surface area (Å²) in [7, 11) is 0. The van der Waals surface area contributed by atoms with Crippen molar-refractivity contribution in [2.24, 2.45) is 5.92 Å². The molecule has 2 aromatic rings. The Morgan fingerprint density at radius 3 is 2.62 bits per heavy atom. The van der Waals surface area contributed by atoms with Gasteiger partial charge in [-0.25, -0.2) is 14.6 Å². The van der Waals surface area contributed by atoms with Gasteiger partial charge in [-0.15, -0.1) is 5.10 Å². The number of nitrogens with one attached hydrogen (secondary N) is 2. The molecule has 0 bridgehead atoms. The zero-order valence-corrected chi connectivity index (χ0v) is 13.6. The standard InChI is InChI=1S/C15H19N7O2/c1-9-12(10(2)18-8-17-9)5-16-14(23)7-22-6-13(20-21-22)19-15(24)11-3-4-11/h6,8,11H,3-5,7H2,1-2H3,(H,16,23)(H,19,24). The Labute approximate surface area is 138 Å². The van der Waals surface area contributed by atoms with Gasteiger partial charge in [0, 0.05) is 29.4 Å². The second-order valence-corrected chi connectivity index (χ2v) is 5.86. The van der Waals surface area contributed by atoms with Crippen LogP contribution in [-0.2, 0) is 22.7 Å². The van der Waals surface area contributed by atoms with E-state index >= 15 is 0 Å². The number of amides is 2. The molecule has 1 aliphatic rings. The number of rotatable bonds is 6. The van der Waals surface area contributed by atoms with Crippen molar-refractivity contribution in [3.05, 3.63) is 29.5 Å². The van der Waals surface area contributed by atoms with Gasteiger partial charge in [0.25, 0.3) is 0 Å². The van der Waals surface area contributed by atoms with Crippen LogP contribution in [0.4, 0.5) is 5.82 Å². The summed E-state index contributed by atoms with van der Waals surface area (Å²) in [5, 5.41) is 13.2. The molecule has 0 atom stereocenters. The minimum atomic E-state index is -0.206. The van der Waals surface area contributed by atoms with Gasteiger partial charge in [0.15, 0.2) is 5.82 Å². The number of aromatic nitrogens is 5. The normalized spacial score (nSPS) is 13.6. The Balaban J connectivity index is 1.51. The van der Waals surface area contributed by atoms with E-state index in [0.29, 0.717) is 12.4 Å². The topological polar surface area (TPSA) is 115 Å². The van der Waals surface area contributed by atoms with Crippen LogP contribution in [0.3, 0.4) is 0 Å². The molecule has 3 rings (SSSR count). The molecule has 0 radical (unpaired) electrons. The third kappa shape index (κ3) is 3.92. The summed E-state index contributed by atoms with van der Waals surface area (Å²) in [6.45, 7) is 4.14. The Morgan fingerprint density at radius 1 is 1.25 bits per heavy atom. The van der Waals surface area contributed by atoms with Crippen LogP contribution in [0.25, 0.3) is 0 Å². The smallest absolute Gasteiger partial charge is 0.242 e. The predicted molar refractivity (Wildman–Crippen MR) is 84.7 cm³/mol. The highest BCUT2D eigenvalue weighted by atomic mass is 16.2. The van der Waals surface area contributed by atoms with Crippen molar-refractivity contribution in [3.63, 3.8) is 0 Å². The van der Waals surface area contributed by atoms with Crippen molar-refractivity contribution in [1.82, 2.24) is 30.3 Å². The van der Waals surface area contributed by atoms with Gasteiger partial charge in [0.1, 0.15) is 12.9 Å². The molecule has 1 fully saturated rings. The Bertz CT molecular complexity index is 747. The fourth-order valence-electron chi connectivity index (χ4n) is 2.27. The van der Waals surface area contributed by atoms with Gasteiger partial charge in [-0.05, 0) is 26.7 Å². The highest BCUT2D eigenvalue weighted by Gasteiger charge is 2.30. The van der Waals surface area contributed by atoms with Gasteiger partial charge in [-0.1, -0.05) is 5.21 Å². The minimum absolute atomic E-state index is 0.0259. The first-order chi connectivity index (χ1) is 11.5. The fourth-order valence-corrected chi connectivity index (χ4v) is 2.27. The molecule has 2 heterocycles. The Morgan fingerprint density at radius 2 is 1.96 bits per heavy atom. The molecule has 1 saturated carbocycles. The van der Waals surface area contributed by atoms with E-state index in [2.05, 4.69) is 30.9 Å². The van der Waals surface area contributed by atoms with E-state index in [0.717, 1.165) is 29.8 Å². The van der Waals surface area contributed by atoms with Crippen molar-refractivity contribution in [2.75, 3.05) is 5.32 Å². The first-order valence-electron chi connectivity index (χ1n) is 7.77. The minimum Gasteiger partial charge on any atom is -0.350 e. The van der Waals surface area contributed by atoms with Crippen molar-refractivity contribution < 1.29 is 9.59 Å². The lowest BCUT2D eigenvalue weighted by molar-refractivity contribution is -0.122. The van der Waals surface area contributed by atoms with Gasteiger partial charge in [-0.2, -0.15) is 0 Å². The summed E-state index contributed by atoms with van der Waals surface area (Å²) in [4.78, 5) is 31.9. The number of carbonyl (C=O) groups is 2. The summed E-state index contributed by atoms with van der Waals surface area (Å²) >= 11 is 0. The molecule has 24 heavy (non-hydrogen) atoms. The molecule has 0 spiro atoms. The molecule has 0 unspecified atom stereocenters. The molecule has 9 heteroatoms. The quantitative estimate of drug-likeness (QED) is 0.790. The molecule has 0 aromatic carbocycles. The Kier molecular flexibility index (Phi) is 4.50. The molecule has 2 amide bonds. The average molecular weight is 329 g/mol. The number of carbonyl (C=O) groups excluding carboxylic acids is 2. The fraction of sp³-hybridized carbons (Fsp3) is 0.467. The van der Waals surface area contributed by atoms with E-state index in [1.54, 1.807) is 6.20 Å². The first-order valence-corrected chi connectivity index (χ1v) is 7.77. The molecular weight excluding hydrogens is 310 g/mol. The molecule has 9 nitrogen and oxygen atoms in total. The van der Waals surface area contributed by atoms with Crippen LogP contribution in [0.5, 0.6) is 0 Å². The molecule has 2 aromatic heterocycles. The van der Waals surface area contributed by atoms with Crippen molar-refractivity contribution in [1.29, 1.82) is 0 Å². The highest BCUT2D eigenvalue weighted by Crippen LogP contribution is 2.29. The summed E-state index contributed by atoms with van der Waals surface area (Å²) < 4.78 is 1.39. The molecule has 0 saturated heterocycles. The van der Waals surface area contributed by atoms with Crippen molar-refractivity contribution in [2.45, 2.75) is 39.8 Å². The number of aryl methyl sites for hydroxylation is 2. The largest absolute Gasteiger partial charge is 0.350 e. The molecule has 1 aliphatic carbocycles. The second-order valence-electron chi connectivity index (χ2n) is 5.86. The first kappa shape index (κ1) is 16.0. The monoisotopic (exact) mass is 329 g/mol. The summed E-state index contributed by atoms with van der Waals surface area (Å²) in [5.41, 5.74) is 2.59. The number of nitrogens with zero attached hydrogens (tertiary/aromatic N) is 5. The van der Waals surface area contributed by atoms with Gasteiger partial charge >= 0.3 is 0 Å². The maximum absolute atomic E-state index is 12.0. The van der Waals surface area contributed by atoms with E-state index in [-0.39, 0.29) is 24.3 Å². The van der Waals surface area contributed by atoms with Gasteiger partial charge in [-0.3, -0.25) is 9.59 Å². The average Bonchev–Trinajstić information content (AvgIpc) is 3.30. The predicted octanol–water partition coefficient (Wildman–Crippen LogP) is 0.350. The maximum Gasteiger partial charge on any atom is 0.242 e. The lowest BCUT2D eigenvalue weighted by Crippen LogP contribution is -2.28. The van der Waals surface area contributed by atoms with Gasteiger partial charge < -0.3 is 10.6 Å². The van der Waals surface area contributed by atoms with Crippen LogP contribution in [0.1, 0.15) is 29.8 Å². The van der Waals surface area contributed by atoms with Crippen LogP contribution < -0.4 is 10.6 Å². The third-order valence-corrected chi connectivity index (χ3v) is 3.88. The summed E-state index contributed by atoms with van der Waals surface area (Å²) in [6, 6.07) is 0. The molecule has 2 N–H and O–H groups in total. The van der Waals surface area contributed by atoms with Crippen LogP contribution in [0.15, 0.2) is 12.5 Å². The maximum atomic E-state index is 12.0. The van der Waals surface area contributed by atoms with E-state index < -0.39 is 0 Å². The van der Waals surface area contributed by atoms with Crippen molar-refractivity contribution in [3.8, 4) is 0 Å². The van der Waals surface area contributed by atoms with E-state index in [4.69, 9.17) is 0 Å². The molecule has 0 aliphatic heterocycles. The number of hydrogen-bond donors (Lipinski definition) is 2. The molecular formula is C15H19N7O2. The summed E-state index contributed by atoms with van der Waals surface area (Å²) in [6.07, 6.45) is 4.89. The lowest BCUT2D eigenvalue weighted by Gasteiger charge is -2.09. The van der Waals surface area contributed by atoms with Gasteiger partial charge in [0.2, 0.25) is 11.8 Å². The van der Waals surface area contributed by atoms with Gasteiger partial charge in [0.05, 0.1) is 6.20 Å². The third-order valence-electron chi connectivity index (χ3n) is 3.88. The van der Waals surface area contributed by atoms with E-state index in [1.807, 2.05) is 13.8 Å². The Hall–Kier alpha value is -2.84. The SMILES string of the molecule is Cc1ncnc(C)c1CNC(=O)Cn1cc(NC(=O)C2CC2)nn1. The zero-order valence-electron chi connectivity index (χ0n) is 13.6. The van der Waals surface area contributed by atoms with Crippen LogP contribution in [0.2, 0.25) is 0 Å². The van der Waals surface area contributed by atoms with E-state index in [1.165, 1.54) is 11.0 Å². The lowest BCUT2D eigenvalue weighted by atomic mass is 10.2. The van der Waals surface area contributed by atoms with Crippen LogP contribution in [-0.4, -0.2) is 36.8 Å². The molecule has 126 valence electrons. The zero-order chi connectivity index (χ0) is 17.1. The number of anilines is 1. The summed E-state index contributed by atoms with van der Waals surface area (Å²) in [5.74, 6) is 0.213. The van der Waals surface area contributed by atoms with Crippen LogP contribution >= 0.6 is 0 Å². The second kappa shape index (κ2) is 6.73. The van der Waals surface area contributed by atoms with Crippen molar-refractivity contribution >= 4 is 17.6 Å². The van der Waals surface area contributed by atoms with Crippen LogP contribution in [0, 0.1) is 19.8 Å². The number of hydrogen-bond acceptors (Lipinski definition) is 6. The highest BCUT2D eigenvalue weighted by molar-refractivity contribution is 5.93.